The number of benzene rings is 2. The van der Waals surface area contributed by atoms with Gasteiger partial charge in [-0.25, -0.2) is 4.79 Å². The molecule has 1 unspecified atom stereocenters. The van der Waals surface area contributed by atoms with Crippen LogP contribution in [0.5, 0.6) is 0 Å². The van der Waals surface area contributed by atoms with Crippen LogP contribution in [0, 0.1) is 10.1 Å². The maximum atomic E-state index is 12.0. The summed E-state index contributed by atoms with van der Waals surface area (Å²) in [7, 11) is 0. The summed E-state index contributed by atoms with van der Waals surface area (Å²) >= 11 is 0. The molecule has 0 radical (unpaired) electrons. The molecule has 4 rings (SSSR count). The van der Waals surface area contributed by atoms with Crippen molar-refractivity contribution in [1.29, 1.82) is 0 Å². The van der Waals surface area contributed by atoms with Gasteiger partial charge in [0.25, 0.3) is 5.69 Å². The van der Waals surface area contributed by atoms with Crippen LogP contribution in [-0.4, -0.2) is 33.2 Å². The van der Waals surface area contributed by atoms with Crippen LogP contribution in [0.15, 0.2) is 71.6 Å². The Morgan fingerprint density at radius 2 is 2.13 bits per heavy atom. The third-order valence-electron chi connectivity index (χ3n) is 5.26. The van der Waals surface area contributed by atoms with Gasteiger partial charge in [-0.3, -0.25) is 15.1 Å². The summed E-state index contributed by atoms with van der Waals surface area (Å²) in [6, 6.07) is 14.3. The molecule has 31 heavy (non-hydrogen) atoms. The van der Waals surface area contributed by atoms with Crippen molar-refractivity contribution in [3.8, 4) is 0 Å². The molecule has 0 spiro atoms. The van der Waals surface area contributed by atoms with Crippen LogP contribution in [-0.2, 0) is 9.53 Å². The van der Waals surface area contributed by atoms with Gasteiger partial charge in [0.1, 0.15) is 0 Å². The molecule has 8 heteroatoms. The summed E-state index contributed by atoms with van der Waals surface area (Å²) in [6.45, 7) is 3.85. The van der Waals surface area contributed by atoms with Crippen LogP contribution in [0.25, 0.3) is 10.9 Å². The van der Waals surface area contributed by atoms with Crippen LogP contribution in [0.2, 0.25) is 0 Å². The summed E-state index contributed by atoms with van der Waals surface area (Å²) in [5, 5.41) is 18.8. The molecule has 1 aromatic heterocycles. The lowest BCUT2D eigenvalue weighted by molar-refractivity contribution is -0.384. The topological polar surface area (TPSA) is 101 Å². The minimum atomic E-state index is -0.434. The lowest BCUT2D eigenvalue weighted by Crippen LogP contribution is -2.18. The number of para-hydroxylation sites is 1. The second-order valence-electron chi connectivity index (χ2n) is 7.25. The number of ether oxygens (including phenoxy) is 1. The Morgan fingerprint density at radius 1 is 1.32 bits per heavy atom. The molecule has 2 aromatic carbocycles. The minimum absolute atomic E-state index is 0.0149. The van der Waals surface area contributed by atoms with E-state index in [1.54, 1.807) is 24.9 Å². The maximum absolute atomic E-state index is 12.0. The summed E-state index contributed by atoms with van der Waals surface area (Å²) in [5.41, 5.74) is 4.10. The van der Waals surface area contributed by atoms with Crippen LogP contribution in [0.3, 0.4) is 0 Å². The molecule has 0 bridgehead atoms. The molecular formula is C23H22N4O4. The Hall–Kier alpha value is -3.94. The smallest absolute Gasteiger partial charge is 0.332 e. The fourth-order valence-electron chi connectivity index (χ4n) is 3.84. The van der Waals surface area contributed by atoms with Gasteiger partial charge in [0, 0.05) is 58.6 Å². The van der Waals surface area contributed by atoms with Crippen molar-refractivity contribution in [3.05, 3.63) is 87.7 Å². The number of allylic oxidation sites excluding steroid dienone is 1. The first kappa shape index (κ1) is 20.3. The molecule has 158 valence electrons. The van der Waals surface area contributed by atoms with Crippen molar-refractivity contribution in [2.45, 2.75) is 26.3 Å². The van der Waals surface area contributed by atoms with E-state index in [0.29, 0.717) is 17.7 Å². The molecule has 8 nitrogen and oxygen atoms in total. The third kappa shape index (κ3) is 4.05. The number of carbonyl (C=O) groups is 1. The number of carbonyl (C=O) groups excluding carboxylic acids is 1. The number of nitro groups is 1. The second kappa shape index (κ2) is 8.43. The first-order chi connectivity index (χ1) is 15.0. The number of aromatic nitrogens is 1. The highest BCUT2D eigenvalue weighted by Gasteiger charge is 2.32. The number of esters is 1. The van der Waals surface area contributed by atoms with Gasteiger partial charge in [0.05, 0.1) is 23.3 Å². The van der Waals surface area contributed by atoms with E-state index in [4.69, 9.17) is 9.84 Å². The molecule has 1 atom stereocenters. The van der Waals surface area contributed by atoms with Gasteiger partial charge in [-0.05, 0) is 19.9 Å². The Morgan fingerprint density at radius 3 is 2.90 bits per heavy atom. The first-order valence-electron chi connectivity index (χ1n) is 10.0. The lowest BCUT2D eigenvalue weighted by atomic mass is 9.97. The van der Waals surface area contributed by atoms with Crippen molar-refractivity contribution in [1.82, 2.24) is 9.99 Å². The average Bonchev–Trinajstić information content (AvgIpc) is 3.38. The predicted octanol–water partition coefficient (Wildman–Crippen LogP) is 4.69. The van der Waals surface area contributed by atoms with E-state index >= 15 is 0 Å². The average molecular weight is 418 g/mol. The zero-order chi connectivity index (χ0) is 22.0. The molecule has 0 saturated carbocycles. The number of hydrogen-bond acceptors (Lipinski definition) is 6. The molecule has 0 aliphatic carbocycles. The zero-order valence-electron chi connectivity index (χ0n) is 17.2. The van der Waals surface area contributed by atoms with Crippen molar-refractivity contribution < 1.29 is 14.5 Å². The minimum Gasteiger partial charge on any atom is -0.463 e. The highest BCUT2D eigenvalue weighted by molar-refractivity contribution is 6.03. The summed E-state index contributed by atoms with van der Waals surface area (Å²) in [4.78, 5) is 26.1. The van der Waals surface area contributed by atoms with E-state index in [-0.39, 0.29) is 18.3 Å². The van der Waals surface area contributed by atoms with Crippen molar-refractivity contribution >= 4 is 28.3 Å². The number of hydrogen-bond donors (Lipinski definition) is 1. The summed E-state index contributed by atoms with van der Waals surface area (Å²) in [5.74, 6) is -0.434. The second-order valence-corrected chi connectivity index (χ2v) is 7.25. The predicted molar refractivity (Wildman–Crippen MR) is 118 cm³/mol. The first-order valence-corrected chi connectivity index (χ1v) is 10.0. The quantitative estimate of drug-likeness (QED) is 0.271. The summed E-state index contributed by atoms with van der Waals surface area (Å²) in [6.07, 6.45) is 3.91. The molecule has 3 aromatic rings. The van der Waals surface area contributed by atoms with Crippen LogP contribution in [0.4, 0.5) is 5.69 Å². The van der Waals surface area contributed by atoms with E-state index in [0.717, 1.165) is 22.2 Å². The van der Waals surface area contributed by atoms with E-state index in [2.05, 4.69) is 4.98 Å². The van der Waals surface area contributed by atoms with Gasteiger partial charge < -0.3 is 9.72 Å². The van der Waals surface area contributed by atoms with E-state index in [9.17, 15) is 14.9 Å². The number of nitrogens with one attached hydrogen (secondary N) is 1. The van der Waals surface area contributed by atoms with Crippen LogP contribution in [0.1, 0.15) is 37.4 Å². The van der Waals surface area contributed by atoms with Crippen molar-refractivity contribution in [3.63, 3.8) is 0 Å². The lowest BCUT2D eigenvalue weighted by Gasteiger charge is -2.23. The van der Waals surface area contributed by atoms with Gasteiger partial charge in [-0.1, -0.05) is 30.3 Å². The number of rotatable bonds is 6. The molecule has 0 saturated heterocycles. The van der Waals surface area contributed by atoms with Gasteiger partial charge >= 0.3 is 5.97 Å². The Balaban J connectivity index is 1.76. The zero-order valence-corrected chi connectivity index (χ0v) is 17.2. The largest absolute Gasteiger partial charge is 0.463 e. The monoisotopic (exact) mass is 418 g/mol. The Kier molecular flexibility index (Phi) is 5.53. The normalized spacial score (nSPS) is 16.5. The molecule has 1 aliphatic rings. The van der Waals surface area contributed by atoms with E-state index in [1.807, 2.05) is 36.5 Å². The number of non-ortho nitro benzene ring substituents is 1. The maximum Gasteiger partial charge on any atom is 0.332 e. The van der Waals surface area contributed by atoms with Gasteiger partial charge in [-0.2, -0.15) is 5.10 Å². The number of H-pyrrole nitrogens is 1. The molecule has 0 amide bonds. The Labute approximate surface area is 179 Å². The van der Waals surface area contributed by atoms with Crippen LogP contribution < -0.4 is 0 Å². The molecule has 2 heterocycles. The van der Waals surface area contributed by atoms with Crippen LogP contribution >= 0.6 is 0 Å². The highest BCUT2D eigenvalue weighted by atomic mass is 16.6. The van der Waals surface area contributed by atoms with Gasteiger partial charge in [0.15, 0.2) is 0 Å². The summed E-state index contributed by atoms with van der Waals surface area (Å²) < 4.78 is 5.05. The van der Waals surface area contributed by atoms with Gasteiger partial charge in [-0.15, -0.1) is 0 Å². The third-order valence-corrected chi connectivity index (χ3v) is 5.26. The van der Waals surface area contributed by atoms with Crippen molar-refractivity contribution in [2.75, 3.05) is 6.61 Å². The molecule has 0 fully saturated rings. The SMILES string of the molecule is CCOC(=O)C=C(C)N1N=C(c2cccc([N+](=O)[O-])c2)CC1c1c[nH]c2ccccc12. The highest BCUT2D eigenvalue weighted by Crippen LogP contribution is 2.38. The number of hydrazone groups is 1. The van der Waals surface area contributed by atoms with E-state index < -0.39 is 10.9 Å². The Bertz CT molecular complexity index is 1210. The molecular weight excluding hydrogens is 396 g/mol. The molecule has 1 N–H and O–H groups in total. The number of nitrogens with zero attached hydrogens (tertiary/aromatic N) is 3. The molecule has 1 aliphatic heterocycles. The number of aromatic amines is 1. The number of nitro benzene ring substituents is 1. The van der Waals surface area contributed by atoms with Gasteiger partial charge in [0.2, 0.25) is 0 Å². The fraction of sp³-hybridized carbons (Fsp3) is 0.217. The fourth-order valence-corrected chi connectivity index (χ4v) is 3.84. The van der Waals surface area contributed by atoms with E-state index in [1.165, 1.54) is 18.2 Å². The van der Waals surface area contributed by atoms with Crippen molar-refractivity contribution in [2.24, 2.45) is 5.10 Å². The number of fused-ring (bicyclic) bond motifs is 1. The standard InChI is InChI=1S/C23H22N4O4/c1-3-31-23(28)11-15(2)26-22(19-14-24-20-10-5-4-9-18(19)20)13-21(25-26)16-7-6-8-17(12-16)27(29)30/h4-12,14,22,24H,3,13H2,1-2H3.